The number of halogens is 1. The molecule has 1 aromatic carbocycles. The van der Waals surface area contributed by atoms with Gasteiger partial charge in [0.25, 0.3) is 0 Å². The van der Waals surface area contributed by atoms with E-state index in [0.29, 0.717) is 5.02 Å². The molecule has 1 aromatic rings. The number of anilines is 1. The van der Waals surface area contributed by atoms with Crippen LogP contribution in [0, 0.1) is 0 Å². The van der Waals surface area contributed by atoms with Gasteiger partial charge in [0, 0.05) is 5.02 Å². The van der Waals surface area contributed by atoms with Gasteiger partial charge in [-0.15, -0.1) is 0 Å². The van der Waals surface area contributed by atoms with Crippen molar-refractivity contribution in [3.05, 3.63) is 29.3 Å². The van der Waals surface area contributed by atoms with Crippen LogP contribution in [0.2, 0.25) is 5.02 Å². The Labute approximate surface area is 112 Å². The molecule has 0 aromatic heterocycles. The summed E-state index contributed by atoms with van der Waals surface area (Å²) in [5.41, 5.74) is 3.64. The lowest BCUT2D eigenvalue weighted by Crippen LogP contribution is -2.48. The van der Waals surface area contributed by atoms with Crippen LogP contribution in [0.3, 0.4) is 0 Å². The van der Waals surface area contributed by atoms with Crippen LogP contribution >= 0.6 is 11.6 Å². The number of carbonyl (C=O) groups is 1. The number of hydrazine groups is 1. The van der Waals surface area contributed by atoms with Gasteiger partial charge in [-0.1, -0.05) is 24.9 Å². The van der Waals surface area contributed by atoms with Gasteiger partial charge in [0.15, 0.2) is 0 Å². The van der Waals surface area contributed by atoms with Crippen LogP contribution in [0.25, 0.3) is 0 Å². The third-order valence-electron chi connectivity index (χ3n) is 3.06. The van der Waals surface area contributed by atoms with Crippen LogP contribution in [0.4, 0.5) is 10.5 Å². The van der Waals surface area contributed by atoms with Crippen LogP contribution in [-0.2, 0) is 0 Å². The van der Waals surface area contributed by atoms with E-state index in [-0.39, 0.29) is 11.7 Å². The monoisotopic (exact) mass is 267 g/mol. The SMILES string of the molecule is CCCCC1(C)NC(=O)N(c2ccc(Cl)cc2)N1. The Morgan fingerprint density at radius 1 is 1.33 bits per heavy atom. The van der Waals surface area contributed by atoms with Crippen molar-refractivity contribution < 1.29 is 4.79 Å². The number of rotatable bonds is 4. The number of urea groups is 1. The number of nitrogens with one attached hydrogen (secondary N) is 2. The molecule has 1 aliphatic rings. The fourth-order valence-corrected chi connectivity index (χ4v) is 2.16. The summed E-state index contributed by atoms with van der Waals surface area (Å²) < 4.78 is 0. The fraction of sp³-hybridized carbons (Fsp3) is 0.462. The lowest BCUT2D eigenvalue weighted by molar-refractivity contribution is 0.246. The summed E-state index contributed by atoms with van der Waals surface area (Å²) in [5.74, 6) is 0. The third-order valence-corrected chi connectivity index (χ3v) is 3.31. The van der Waals surface area contributed by atoms with Crippen LogP contribution < -0.4 is 15.8 Å². The highest BCUT2D eigenvalue weighted by Gasteiger charge is 2.38. The van der Waals surface area contributed by atoms with Crippen molar-refractivity contribution in [1.29, 1.82) is 0 Å². The Hall–Kier alpha value is -1.26. The second-order valence-electron chi connectivity index (χ2n) is 4.79. The zero-order chi connectivity index (χ0) is 13.2. The molecular weight excluding hydrogens is 250 g/mol. The Bertz CT molecular complexity index is 434. The minimum absolute atomic E-state index is 0.129. The standard InChI is InChI=1S/C13H18ClN3O/c1-3-4-9-13(2)15-12(18)17(16-13)11-7-5-10(14)6-8-11/h5-8,16H,3-4,9H2,1-2H3,(H,15,18). The molecule has 1 heterocycles. The number of hydrogen-bond acceptors (Lipinski definition) is 2. The van der Waals surface area contributed by atoms with Crippen molar-refractivity contribution in [1.82, 2.24) is 10.7 Å². The largest absolute Gasteiger partial charge is 0.338 e. The van der Waals surface area contributed by atoms with E-state index in [0.717, 1.165) is 24.9 Å². The van der Waals surface area contributed by atoms with E-state index < -0.39 is 0 Å². The molecule has 98 valence electrons. The molecule has 0 bridgehead atoms. The molecule has 4 nitrogen and oxygen atoms in total. The summed E-state index contributed by atoms with van der Waals surface area (Å²) >= 11 is 5.84. The van der Waals surface area contributed by atoms with Crippen molar-refractivity contribution in [2.45, 2.75) is 38.8 Å². The van der Waals surface area contributed by atoms with Gasteiger partial charge in [0.2, 0.25) is 0 Å². The predicted octanol–water partition coefficient (Wildman–Crippen LogP) is 3.28. The van der Waals surface area contributed by atoms with Crippen molar-refractivity contribution in [2.75, 3.05) is 5.01 Å². The van der Waals surface area contributed by atoms with E-state index in [9.17, 15) is 4.79 Å². The Morgan fingerprint density at radius 3 is 2.61 bits per heavy atom. The van der Waals surface area contributed by atoms with Gasteiger partial charge in [-0.05, 0) is 44.0 Å². The first kappa shape index (κ1) is 13.2. The van der Waals surface area contributed by atoms with Gasteiger partial charge in [-0.2, -0.15) is 0 Å². The number of hydrogen-bond donors (Lipinski definition) is 2. The highest BCUT2D eigenvalue weighted by atomic mass is 35.5. The van der Waals surface area contributed by atoms with Crippen molar-refractivity contribution >= 4 is 23.3 Å². The normalized spacial score (nSPS) is 23.3. The summed E-state index contributed by atoms with van der Waals surface area (Å²) in [6.07, 6.45) is 3.08. The minimum Gasteiger partial charge on any atom is -0.317 e. The molecule has 0 aliphatic carbocycles. The highest BCUT2D eigenvalue weighted by molar-refractivity contribution is 6.30. The Balaban J connectivity index is 2.11. The van der Waals surface area contributed by atoms with Gasteiger partial charge in [0.1, 0.15) is 5.66 Å². The van der Waals surface area contributed by atoms with E-state index in [4.69, 9.17) is 11.6 Å². The molecule has 0 saturated carbocycles. The minimum atomic E-state index is -0.368. The van der Waals surface area contributed by atoms with E-state index in [1.165, 1.54) is 5.01 Å². The number of unbranched alkanes of at least 4 members (excludes halogenated alkanes) is 1. The van der Waals surface area contributed by atoms with Crippen LogP contribution in [-0.4, -0.2) is 11.7 Å². The van der Waals surface area contributed by atoms with E-state index in [2.05, 4.69) is 17.7 Å². The molecule has 5 heteroatoms. The lowest BCUT2D eigenvalue weighted by atomic mass is 10.1. The lowest BCUT2D eigenvalue weighted by Gasteiger charge is -2.24. The molecule has 1 atom stereocenters. The zero-order valence-corrected chi connectivity index (χ0v) is 11.4. The number of amides is 2. The predicted molar refractivity (Wildman–Crippen MR) is 73.5 cm³/mol. The average molecular weight is 268 g/mol. The van der Waals surface area contributed by atoms with Gasteiger partial charge < -0.3 is 5.32 Å². The average Bonchev–Trinajstić information content (AvgIpc) is 2.64. The summed E-state index contributed by atoms with van der Waals surface area (Å²) in [6, 6.07) is 7.05. The molecular formula is C13H18ClN3O. The summed E-state index contributed by atoms with van der Waals surface area (Å²) in [4.78, 5) is 12.0. The van der Waals surface area contributed by atoms with Crippen LogP contribution in [0.5, 0.6) is 0 Å². The van der Waals surface area contributed by atoms with Crippen LogP contribution in [0.15, 0.2) is 24.3 Å². The maximum Gasteiger partial charge on any atom is 0.338 e. The molecule has 2 N–H and O–H groups in total. The molecule has 0 radical (unpaired) electrons. The first-order valence-corrected chi connectivity index (χ1v) is 6.57. The van der Waals surface area contributed by atoms with Crippen molar-refractivity contribution in [2.24, 2.45) is 0 Å². The third kappa shape index (κ3) is 2.76. The van der Waals surface area contributed by atoms with Crippen molar-refractivity contribution in [3.63, 3.8) is 0 Å². The van der Waals surface area contributed by atoms with Gasteiger partial charge in [-0.25, -0.2) is 15.2 Å². The molecule has 1 saturated heterocycles. The second-order valence-corrected chi connectivity index (χ2v) is 5.23. The highest BCUT2D eigenvalue weighted by Crippen LogP contribution is 2.23. The van der Waals surface area contributed by atoms with E-state index >= 15 is 0 Å². The Morgan fingerprint density at radius 2 is 2.00 bits per heavy atom. The first-order valence-electron chi connectivity index (χ1n) is 6.20. The second kappa shape index (κ2) is 5.16. The molecule has 18 heavy (non-hydrogen) atoms. The molecule has 1 fully saturated rings. The maximum atomic E-state index is 12.0. The maximum absolute atomic E-state index is 12.0. The summed E-state index contributed by atoms with van der Waals surface area (Å²) in [7, 11) is 0. The number of benzene rings is 1. The zero-order valence-electron chi connectivity index (χ0n) is 10.7. The molecule has 1 unspecified atom stereocenters. The number of carbonyl (C=O) groups excluding carboxylic acids is 1. The van der Waals surface area contributed by atoms with Crippen LogP contribution in [0.1, 0.15) is 33.1 Å². The molecule has 2 amide bonds. The number of nitrogens with zero attached hydrogens (tertiary/aromatic N) is 1. The molecule has 1 aliphatic heterocycles. The van der Waals surface area contributed by atoms with Gasteiger partial charge in [-0.3, -0.25) is 0 Å². The summed E-state index contributed by atoms with van der Waals surface area (Å²) in [6.45, 7) is 4.13. The van der Waals surface area contributed by atoms with E-state index in [1.807, 2.05) is 19.1 Å². The summed E-state index contributed by atoms with van der Waals surface area (Å²) in [5, 5.41) is 5.16. The Kier molecular flexibility index (Phi) is 3.78. The van der Waals surface area contributed by atoms with E-state index in [1.54, 1.807) is 12.1 Å². The molecule has 2 rings (SSSR count). The van der Waals surface area contributed by atoms with Gasteiger partial charge >= 0.3 is 6.03 Å². The first-order chi connectivity index (χ1) is 8.54. The fourth-order valence-electron chi connectivity index (χ4n) is 2.04. The van der Waals surface area contributed by atoms with Crippen molar-refractivity contribution in [3.8, 4) is 0 Å². The van der Waals surface area contributed by atoms with Gasteiger partial charge in [0.05, 0.1) is 5.69 Å². The topological polar surface area (TPSA) is 44.4 Å². The smallest absolute Gasteiger partial charge is 0.317 e. The quantitative estimate of drug-likeness (QED) is 0.879. The molecule has 0 spiro atoms.